The van der Waals surface area contributed by atoms with E-state index in [1.54, 1.807) is 6.92 Å². The van der Waals surface area contributed by atoms with Gasteiger partial charge in [0.05, 0.1) is 12.9 Å². The Hall–Kier alpha value is -2.38. The van der Waals surface area contributed by atoms with E-state index >= 15 is 0 Å². The zero-order chi connectivity index (χ0) is 14.7. The second kappa shape index (κ2) is 5.72. The lowest BCUT2D eigenvalue weighted by Crippen LogP contribution is -2.42. The van der Waals surface area contributed by atoms with Crippen molar-refractivity contribution in [2.24, 2.45) is 0 Å². The van der Waals surface area contributed by atoms with Gasteiger partial charge in [0.1, 0.15) is 12.1 Å². The number of aromatic nitrogens is 4. The van der Waals surface area contributed by atoms with E-state index in [-0.39, 0.29) is 12.1 Å². The molecule has 0 amide bonds. The first-order valence-corrected chi connectivity index (χ1v) is 6.42. The third-order valence-electron chi connectivity index (χ3n) is 2.84. The lowest BCUT2D eigenvalue weighted by molar-refractivity contribution is -0.143. The van der Waals surface area contributed by atoms with Gasteiger partial charge in [0.15, 0.2) is 5.65 Å². The van der Waals surface area contributed by atoms with Crippen molar-refractivity contribution in [3.05, 3.63) is 27.2 Å². The smallest absolute Gasteiger partial charge is 0.333 e. The fourth-order valence-corrected chi connectivity index (χ4v) is 2.01. The maximum Gasteiger partial charge on any atom is 0.333 e. The van der Waals surface area contributed by atoms with Crippen LogP contribution in [0.4, 0.5) is 0 Å². The highest BCUT2D eigenvalue weighted by molar-refractivity contribution is 5.71. The minimum atomic E-state index is -0.617. The number of carbonyl (C=O) groups is 1. The molecular formula is C12H16N4O4. The van der Waals surface area contributed by atoms with Crippen molar-refractivity contribution in [3.63, 3.8) is 0 Å². The van der Waals surface area contributed by atoms with Crippen molar-refractivity contribution in [2.75, 3.05) is 6.61 Å². The molecule has 0 fully saturated rings. The number of nitrogens with one attached hydrogen (secondary N) is 1. The standard InChI is InChI=1S/C12H16N4O4/c1-3-5-15-10-9(13-7-14-10)11(18)16(12(15)19)6-8(17)20-4-2/h7H,3-6H2,1-2H3,(H,13,14). The van der Waals surface area contributed by atoms with E-state index in [9.17, 15) is 14.4 Å². The van der Waals surface area contributed by atoms with Crippen LogP contribution in [0.1, 0.15) is 20.3 Å². The van der Waals surface area contributed by atoms with Gasteiger partial charge < -0.3 is 9.72 Å². The second-order valence-corrected chi connectivity index (χ2v) is 4.23. The number of H-pyrrole nitrogens is 1. The van der Waals surface area contributed by atoms with Gasteiger partial charge in [-0.1, -0.05) is 6.92 Å². The molecule has 2 rings (SSSR count). The van der Waals surface area contributed by atoms with Gasteiger partial charge in [0.25, 0.3) is 5.56 Å². The molecular weight excluding hydrogens is 264 g/mol. The van der Waals surface area contributed by atoms with E-state index in [1.165, 1.54) is 10.9 Å². The first kappa shape index (κ1) is 14.0. The van der Waals surface area contributed by atoms with Crippen LogP contribution in [0.5, 0.6) is 0 Å². The Bertz CT molecular complexity index is 740. The predicted molar refractivity (Wildman–Crippen MR) is 71.5 cm³/mol. The molecule has 0 aliphatic heterocycles. The van der Waals surface area contributed by atoms with Crippen LogP contribution in [-0.4, -0.2) is 31.7 Å². The van der Waals surface area contributed by atoms with Gasteiger partial charge in [-0.3, -0.25) is 14.2 Å². The Balaban J connectivity index is 2.62. The highest BCUT2D eigenvalue weighted by atomic mass is 16.5. The summed E-state index contributed by atoms with van der Waals surface area (Å²) >= 11 is 0. The van der Waals surface area contributed by atoms with Gasteiger partial charge >= 0.3 is 11.7 Å². The highest BCUT2D eigenvalue weighted by Crippen LogP contribution is 2.02. The fraction of sp³-hybridized carbons (Fsp3) is 0.500. The summed E-state index contributed by atoms with van der Waals surface area (Å²) in [6.07, 6.45) is 2.06. The van der Waals surface area contributed by atoms with Gasteiger partial charge in [-0.05, 0) is 13.3 Å². The summed E-state index contributed by atoms with van der Waals surface area (Å²) in [5.41, 5.74) is -0.600. The summed E-state index contributed by atoms with van der Waals surface area (Å²) < 4.78 is 7.03. The molecule has 20 heavy (non-hydrogen) atoms. The van der Waals surface area contributed by atoms with Crippen LogP contribution in [0.25, 0.3) is 11.2 Å². The number of hydrogen-bond acceptors (Lipinski definition) is 5. The van der Waals surface area contributed by atoms with Gasteiger partial charge in [0, 0.05) is 6.54 Å². The number of carbonyl (C=O) groups excluding carboxylic acids is 1. The van der Waals surface area contributed by atoms with Crippen molar-refractivity contribution in [3.8, 4) is 0 Å². The lowest BCUT2D eigenvalue weighted by Gasteiger charge is -2.09. The fourth-order valence-electron chi connectivity index (χ4n) is 2.01. The van der Waals surface area contributed by atoms with Crippen molar-refractivity contribution in [1.29, 1.82) is 0 Å². The number of fused-ring (bicyclic) bond motifs is 1. The van der Waals surface area contributed by atoms with E-state index in [2.05, 4.69) is 9.97 Å². The largest absolute Gasteiger partial charge is 0.465 e. The third-order valence-corrected chi connectivity index (χ3v) is 2.84. The van der Waals surface area contributed by atoms with Crippen LogP contribution in [0.15, 0.2) is 15.9 Å². The molecule has 0 spiro atoms. The minimum absolute atomic E-state index is 0.197. The van der Waals surface area contributed by atoms with Crippen molar-refractivity contribution < 1.29 is 9.53 Å². The van der Waals surface area contributed by atoms with E-state index in [0.29, 0.717) is 18.6 Å². The van der Waals surface area contributed by atoms with Gasteiger partial charge in [-0.2, -0.15) is 0 Å². The predicted octanol–water partition coefficient (Wildman–Crippen LogP) is -0.141. The number of aromatic amines is 1. The number of nitrogens with zero attached hydrogens (tertiary/aromatic N) is 3. The van der Waals surface area contributed by atoms with Crippen LogP contribution in [0, 0.1) is 0 Å². The molecule has 0 bridgehead atoms. The first-order valence-electron chi connectivity index (χ1n) is 6.42. The van der Waals surface area contributed by atoms with Crippen LogP contribution in [0.2, 0.25) is 0 Å². The molecule has 0 aliphatic rings. The molecule has 8 heteroatoms. The SMILES string of the molecule is CCCn1c(=O)n(CC(=O)OCC)c(=O)c2[nH]cnc21. The maximum absolute atomic E-state index is 12.3. The average molecular weight is 280 g/mol. The van der Waals surface area contributed by atoms with E-state index in [1.807, 2.05) is 6.92 Å². The van der Waals surface area contributed by atoms with E-state index < -0.39 is 23.8 Å². The monoisotopic (exact) mass is 280 g/mol. The number of imidazole rings is 1. The van der Waals surface area contributed by atoms with Gasteiger partial charge in [0.2, 0.25) is 0 Å². The molecule has 0 unspecified atom stereocenters. The molecule has 0 aliphatic carbocycles. The van der Waals surface area contributed by atoms with Crippen molar-refractivity contribution in [2.45, 2.75) is 33.4 Å². The molecule has 2 heterocycles. The highest BCUT2D eigenvalue weighted by Gasteiger charge is 2.17. The summed E-state index contributed by atoms with van der Waals surface area (Å²) in [5, 5.41) is 0. The lowest BCUT2D eigenvalue weighted by atomic mass is 10.4. The zero-order valence-corrected chi connectivity index (χ0v) is 11.4. The third kappa shape index (κ3) is 2.36. The topological polar surface area (TPSA) is 99.0 Å². The molecule has 0 atom stereocenters. The molecule has 2 aromatic rings. The summed E-state index contributed by atoms with van der Waals surface area (Å²) in [6, 6.07) is 0. The Kier molecular flexibility index (Phi) is 4.02. The normalized spacial score (nSPS) is 10.9. The zero-order valence-electron chi connectivity index (χ0n) is 11.4. The van der Waals surface area contributed by atoms with Crippen LogP contribution in [0.3, 0.4) is 0 Å². The Morgan fingerprint density at radius 1 is 1.35 bits per heavy atom. The molecule has 2 aromatic heterocycles. The molecule has 0 radical (unpaired) electrons. The average Bonchev–Trinajstić information content (AvgIpc) is 2.89. The molecule has 8 nitrogen and oxygen atoms in total. The molecule has 0 aromatic carbocycles. The minimum Gasteiger partial charge on any atom is -0.465 e. The van der Waals surface area contributed by atoms with E-state index in [0.717, 1.165) is 4.57 Å². The van der Waals surface area contributed by atoms with Gasteiger partial charge in [-0.25, -0.2) is 14.3 Å². The van der Waals surface area contributed by atoms with Crippen LogP contribution in [-0.2, 0) is 22.6 Å². The van der Waals surface area contributed by atoms with Crippen LogP contribution < -0.4 is 11.2 Å². The summed E-state index contributed by atoms with van der Waals surface area (Å²) in [4.78, 5) is 42.7. The molecule has 1 N–H and O–H groups in total. The van der Waals surface area contributed by atoms with Crippen LogP contribution >= 0.6 is 0 Å². The number of rotatable bonds is 5. The molecule has 0 saturated carbocycles. The Morgan fingerprint density at radius 2 is 2.10 bits per heavy atom. The first-order chi connectivity index (χ1) is 9.60. The Labute approximate surface area is 114 Å². The van der Waals surface area contributed by atoms with Gasteiger partial charge in [-0.15, -0.1) is 0 Å². The summed E-state index contributed by atoms with van der Waals surface area (Å²) in [7, 11) is 0. The van der Waals surface area contributed by atoms with Crippen molar-refractivity contribution >= 4 is 17.1 Å². The number of aryl methyl sites for hydroxylation is 1. The number of esters is 1. The summed E-state index contributed by atoms with van der Waals surface area (Å²) in [6.45, 7) is 3.79. The quantitative estimate of drug-likeness (QED) is 0.768. The number of hydrogen-bond donors (Lipinski definition) is 1. The molecule has 108 valence electrons. The molecule has 0 saturated heterocycles. The Morgan fingerprint density at radius 3 is 2.75 bits per heavy atom. The van der Waals surface area contributed by atoms with E-state index in [4.69, 9.17) is 4.74 Å². The summed E-state index contributed by atoms with van der Waals surface area (Å²) in [5.74, 6) is -0.617. The maximum atomic E-state index is 12.3. The number of ether oxygens (including phenoxy) is 1. The second-order valence-electron chi connectivity index (χ2n) is 4.23. The van der Waals surface area contributed by atoms with Crippen molar-refractivity contribution in [1.82, 2.24) is 19.1 Å².